The molecule has 3 nitrogen and oxygen atoms in total. The Hall–Kier alpha value is -2.94. The van der Waals surface area contributed by atoms with Crippen molar-refractivity contribution < 1.29 is 0 Å². The van der Waals surface area contributed by atoms with Gasteiger partial charge in [0.05, 0.1) is 16.6 Å². The number of benzene rings is 2. The normalized spacial score (nSPS) is 12.2. The van der Waals surface area contributed by atoms with Gasteiger partial charge in [-0.1, -0.05) is 37.6 Å². The number of aromatic nitrogens is 1. The molecular formula is C21H15NO2. The van der Waals surface area contributed by atoms with Gasteiger partial charge in [-0.15, -0.1) is 0 Å². The highest BCUT2D eigenvalue weighted by atomic mass is 16.1. The molecule has 0 amide bonds. The lowest BCUT2D eigenvalue weighted by Gasteiger charge is -2.10. The third-order valence-corrected chi connectivity index (χ3v) is 4.96. The summed E-state index contributed by atoms with van der Waals surface area (Å²) in [5, 5.41) is 3.32. The van der Waals surface area contributed by atoms with Crippen molar-refractivity contribution in [3.63, 3.8) is 0 Å². The van der Waals surface area contributed by atoms with E-state index in [1.807, 2.05) is 36.4 Å². The molecule has 0 aliphatic rings. The van der Waals surface area contributed by atoms with Crippen LogP contribution in [0.5, 0.6) is 0 Å². The lowest BCUT2D eigenvalue weighted by Crippen LogP contribution is -2.11. The van der Waals surface area contributed by atoms with Crippen molar-refractivity contribution in [3.05, 3.63) is 74.5 Å². The fourth-order valence-corrected chi connectivity index (χ4v) is 3.97. The smallest absolute Gasteiger partial charge is 0.190 e. The van der Waals surface area contributed by atoms with E-state index in [2.05, 4.69) is 11.3 Å². The minimum Gasteiger partial charge on any atom is -0.307 e. The SMILES string of the molecule is CCCc1cc2c(=O)cc3c4ccccc4c4cc(=O)c(c1)c2n34. The summed E-state index contributed by atoms with van der Waals surface area (Å²) >= 11 is 0. The summed E-state index contributed by atoms with van der Waals surface area (Å²) in [6.07, 6.45) is 1.85. The Balaban J connectivity index is 2.17. The zero-order chi connectivity index (χ0) is 16.4. The average molecular weight is 313 g/mol. The maximum Gasteiger partial charge on any atom is 0.190 e. The second kappa shape index (κ2) is 4.54. The Morgan fingerprint density at radius 1 is 0.792 bits per heavy atom. The van der Waals surface area contributed by atoms with Crippen LogP contribution >= 0.6 is 0 Å². The van der Waals surface area contributed by atoms with Gasteiger partial charge in [-0.25, -0.2) is 0 Å². The minimum atomic E-state index is -0.0128. The molecule has 0 aliphatic carbocycles. The molecular weight excluding hydrogens is 298 g/mol. The van der Waals surface area contributed by atoms with Crippen LogP contribution in [0.3, 0.4) is 0 Å². The monoisotopic (exact) mass is 313 g/mol. The van der Waals surface area contributed by atoms with Crippen molar-refractivity contribution in [1.82, 2.24) is 4.40 Å². The number of hydrogen-bond acceptors (Lipinski definition) is 2. The van der Waals surface area contributed by atoms with Gasteiger partial charge in [0, 0.05) is 33.7 Å². The van der Waals surface area contributed by atoms with Crippen LogP contribution in [0, 0.1) is 0 Å². The van der Waals surface area contributed by atoms with Crippen molar-refractivity contribution in [2.24, 2.45) is 0 Å². The lowest BCUT2D eigenvalue weighted by molar-refractivity contribution is 0.924. The van der Waals surface area contributed by atoms with Crippen molar-refractivity contribution in [3.8, 4) is 0 Å². The number of hydrogen-bond donors (Lipinski definition) is 0. The first-order valence-corrected chi connectivity index (χ1v) is 8.28. The molecule has 0 atom stereocenters. The van der Waals surface area contributed by atoms with Crippen LogP contribution in [0.4, 0.5) is 0 Å². The first-order chi connectivity index (χ1) is 11.7. The van der Waals surface area contributed by atoms with Crippen molar-refractivity contribution in [2.45, 2.75) is 19.8 Å². The number of nitrogens with zero attached hydrogens (tertiary/aromatic N) is 1. The van der Waals surface area contributed by atoms with Crippen LogP contribution in [0.2, 0.25) is 0 Å². The van der Waals surface area contributed by atoms with Gasteiger partial charge in [0.1, 0.15) is 0 Å². The molecule has 0 fully saturated rings. The molecule has 24 heavy (non-hydrogen) atoms. The van der Waals surface area contributed by atoms with E-state index < -0.39 is 0 Å². The van der Waals surface area contributed by atoms with Crippen molar-refractivity contribution in [1.29, 1.82) is 0 Å². The van der Waals surface area contributed by atoms with Crippen LogP contribution < -0.4 is 10.9 Å². The van der Waals surface area contributed by atoms with Gasteiger partial charge in [0.15, 0.2) is 10.9 Å². The molecule has 0 bridgehead atoms. The predicted molar refractivity (Wildman–Crippen MR) is 98.8 cm³/mol. The Kier molecular flexibility index (Phi) is 2.55. The van der Waals surface area contributed by atoms with Gasteiger partial charge in [-0.2, -0.15) is 0 Å². The molecule has 0 N–H and O–H groups in total. The van der Waals surface area contributed by atoms with E-state index in [1.54, 1.807) is 12.1 Å². The Morgan fingerprint density at radius 3 is 1.83 bits per heavy atom. The van der Waals surface area contributed by atoms with E-state index in [9.17, 15) is 9.59 Å². The Labute approximate surface area is 137 Å². The number of rotatable bonds is 2. The molecule has 3 heterocycles. The summed E-state index contributed by atoms with van der Waals surface area (Å²) in [5.41, 5.74) is 3.55. The summed E-state index contributed by atoms with van der Waals surface area (Å²) in [4.78, 5) is 25.5. The number of pyridine rings is 2. The van der Waals surface area contributed by atoms with Crippen LogP contribution in [0.15, 0.2) is 58.1 Å². The zero-order valence-electron chi connectivity index (χ0n) is 13.3. The molecule has 0 saturated carbocycles. The van der Waals surface area contributed by atoms with Gasteiger partial charge in [-0.05, 0) is 24.1 Å². The molecule has 3 aromatic heterocycles. The predicted octanol–water partition coefficient (Wildman–Crippen LogP) is 3.95. The van der Waals surface area contributed by atoms with Crippen LogP contribution in [0.1, 0.15) is 18.9 Å². The van der Waals surface area contributed by atoms with Gasteiger partial charge in [0.2, 0.25) is 0 Å². The number of aryl methyl sites for hydroxylation is 1. The molecule has 0 radical (unpaired) electrons. The van der Waals surface area contributed by atoms with E-state index in [-0.39, 0.29) is 10.9 Å². The maximum absolute atomic E-state index is 12.8. The van der Waals surface area contributed by atoms with E-state index in [1.165, 1.54) is 0 Å². The van der Waals surface area contributed by atoms with Crippen LogP contribution in [0.25, 0.3) is 38.1 Å². The number of fused-ring (bicyclic) bond motifs is 3. The molecule has 2 aromatic carbocycles. The minimum absolute atomic E-state index is 0.0128. The van der Waals surface area contributed by atoms with E-state index in [0.29, 0.717) is 10.8 Å². The van der Waals surface area contributed by atoms with Gasteiger partial charge in [0.25, 0.3) is 0 Å². The second-order valence-electron chi connectivity index (χ2n) is 6.46. The molecule has 0 unspecified atom stereocenters. The van der Waals surface area contributed by atoms with Gasteiger partial charge in [-0.3, -0.25) is 9.59 Å². The van der Waals surface area contributed by atoms with Crippen LogP contribution in [-0.2, 0) is 6.42 Å². The summed E-state index contributed by atoms with van der Waals surface area (Å²) in [7, 11) is 0. The standard InChI is InChI=1S/C21H15NO2/c1-2-5-12-8-15-19(23)10-17-13-6-3-4-7-14(13)18-11-20(24)16(9-12)21(15)22(17)18/h3-4,6-11H,2,5H2,1H3. The molecule has 0 spiro atoms. The molecule has 3 heteroatoms. The van der Waals surface area contributed by atoms with E-state index >= 15 is 0 Å². The summed E-state index contributed by atoms with van der Waals surface area (Å²) in [6, 6.07) is 15.3. The molecule has 5 rings (SSSR count). The average Bonchev–Trinajstić information content (AvgIpc) is 2.89. The first kappa shape index (κ1) is 13.5. The molecule has 5 aromatic rings. The highest BCUT2D eigenvalue weighted by Gasteiger charge is 2.17. The third-order valence-electron chi connectivity index (χ3n) is 4.96. The molecule has 0 aliphatic heterocycles. The highest BCUT2D eigenvalue weighted by molar-refractivity contribution is 6.13. The first-order valence-electron chi connectivity index (χ1n) is 8.28. The summed E-state index contributed by atoms with van der Waals surface area (Å²) in [6.45, 7) is 2.10. The van der Waals surface area contributed by atoms with Crippen molar-refractivity contribution in [2.75, 3.05) is 0 Å². The quantitative estimate of drug-likeness (QED) is 0.495. The third kappa shape index (κ3) is 1.56. The second-order valence-corrected chi connectivity index (χ2v) is 6.46. The van der Waals surface area contributed by atoms with Crippen molar-refractivity contribution >= 4 is 38.1 Å². The summed E-state index contributed by atoms with van der Waals surface area (Å²) < 4.78 is 2.08. The zero-order valence-corrected chi connectivity index (χ0v) is 13.3. The largest absolute Gasteiger partial charge is 0.307 e. The molecule has 0 saturated heterocycles. The topological polar surface area (TPSA) is 38.5 Å². The van der Waals surface area contributed by atoms with Crippen LogP contribution in [-0.4, -0.2) is 4.40 Å². The van der Waals surface area contributed by atoms with E-state index in [4.69, 9.17) is 0 Å². The molecule has 116 valence electrons. The Morgan fingerprint density at radius 2 is 1.33 bits per heavy atom. The highest BCUT2D eigenvalue weighted by Crippen LogP contribution is 2.32. The fourth-order valence-electron chi connectivity index (χ4n) is 3.97. The van der Waals surface area contributed by atoms with Gasteiger partial charge < -0.3 is 4.40 Å². The van der Waals surface area contributed by atoms with Gasteiger partial charge >= 0.3 is 0 Å². The van der Waals surface area contributed by atoms with E-state index in [0.717, 1.165) is 45.7 Å². The summed E-state index contributed by atoms with van der Waals surface area (Å²) in [5.74, 6) is 0. The lowest BCUT2D eigenvalue weighted by atomic mass is 10.0. The fraction of sp³-hybridized carbons (Fsp3) is 0.143. The maximum atomic E-state index is 12.8. The Bertz CT molecular complexity index is 1250.